The number of hydrogen-bond donors (Lipinski definition) is 1. The Morgan fingerprint density at radius 3 is 2.92 bits per heavy atom. The number of aliphatic hydroxyl groups is 1. The predicted octanol–water partition coefficient (Wildman–Crippen LogP) is 0.838. The molecular weight excluding hydrogens is 166 g/mol. The molecule has 2 aromatic rings. The number of hydrogen-bond acceptors (Lipinski definition) is 3. The Hall–Kier alpha value is -1.42. The summed E-state index contributed by atoms with van der Waals surface area (Å²) >= 11 is 0. The molecule has 0 saturated heterocycles. The Labute approximate surface area is 75.9 Å². The molecule has 0 bridgehead atoms. The number of rotatable bonds is 1. The zero-order valence-electron chi connectivity index (χ0n) is 7.65. The third-order valence-corrected chi connectivity index (χ3v) is 2.05. The van der Waals surface area contributed by atoms with E-state index in [0.717, 1.165) is 17.0 Å². The molecule has 0 unspecified atom stereocenters. The van der Waals surface area contributed by atoms with E-state index in [1.165, 1.54) is 0 Å². The second kappa shape index (κ2) is 2.81. The minimum atomic E-state index is -0.0631. The van der Waals surface area contributed by atoms with E-state index in [1.807, 2.05) is 24.3 Å². The smallest absolute Gasteiger partial charge is 0.162 e. The van der Waals surface area contributed by atoms with E-state index in [4.69, 9.17) is 5.11 Å². The summed E-state index contributed by atoms with van der Waals surface area (Å²) in [5.74, 6) is 0. The zero-order valence-corrected chi connectivity index (χ0v) is 7.65. The van der Waals surface area contributed by atoms with Gasteiger partial charge < -0.3 is 5.11 Å². The number of fused-ring (bicyclic) bond motifs is 1. The molecule has 2 aromatic heterocycles. The van der Waals surface area contributed by atoms with Crippen LogP contribution in [-0.2, 0) is 6.61 Å². The van der Waals surface area contributed by atoms with Gasteiger partial charge in [-0.2, -0.15) is 0 Å². The Kier molecular flexibility index (Phi) is 1.77. The fraction of sp³-hybridized carbons (Fsp3) is 0.333. The van der Waals surface area contributed by atoms with Crippen LogP contribution in [0.15, 0.2) is 12.4 Å². The normalized spacial score (nSPS) is 11.0. The maximum Gasteiger partial charge on any atom is 0.162 e. The molecule has 0 fully saturated rings. The van der Waals surface area contributed by atoms with Crippen LogP contribution >= 0.6 is 0 Å². The maximum absolute atomic E-state index is 8.99. The molecular formula is C9H11N3O. The zero-order chi connectivity index (χ0) is 9.42. The monoisotopic (exact) mass is 177 g/mol. The van der Waals surface area contributed by atoms with Gasteiger partial charge >= 0.3 is 0 Å². The number of imidazole rings is 1. The molecule has 0 aliphatic heterocycles. The van der Waals surface area contributed by atoms with Crippen molar-refractivity contribution in [3.05, 3.63) is 29.5 Å². The molecule has 13 heavy (non-hydrogen) atoms. The molecule has 0 atom stereocenters. The van der Waals surface area contributed by atoms with E-state index >= 15 is 0 Å². The van der Waals surface area contributed by atoms with Crippen LogP contribution < -0.4 is 0 Å². The summed E-state index contributed by atoms with van der Waals surface area (Å²) in [5, 5.41) is 8.99. The lowest BCUT2D eigenvalue weighted by atomic mass is 10.3. The van der Waals surface area contributed by atoms with Crippen molar-refractivity contribution >= 4 is 5.65 Å². The summed E-state index contributed by atoms with van der Waals surface area (Å²) in [6, 6.07) is 1.98. The molecule has 4 nitrogen and oxygen atoms in total. The average molecular weight is 177 g/mol. The first kappa shape index (κ1) is 8.19. The molecule has 0 aliphatic rings. The molecule has 0 aliphatic carbocycles. The molecule has 0 radical (unpaired) electrons. The van der Waals surface area contributed by atoms with Gasteiger partial charge in [-0.3, -0.25) is 4.40 Å². The van der Waals surface area contributed by atoms with Gasteiger partial charge in [0.1, 0.15) is 12.0 Å². The Bertz CT molecular complexity index is 447. The maximum atomic E-state index is 8.99. The van der Waals surface area contributed by atoms with Crippen molar-refractivity contribution in [3.63, 3.8) is 0 Å². The lowest BCUT2D eigenvalue weighted by Crippen LogP contribution is -1.96. The Morgan fingerprint density at radius 1 is 1.46 bits per heavy atom. The average Bonchev–Trinajstić information content (AvgIpc) is 2.47. The van der Waals surface area contributed by atoms with Crippen LogP contribution in [0.4, 0.5) is 0 Å². The largest absolute Gasteiger partial charge is 0.390 e. The summed E-state index contributed by atoms with van der Waals surface area (Å²) in [4.78, 5) is 8.37. The van der Waals surface area contributed by atoms with E-state index in [9.17, 15) is 0 Å². The highest BCUT2D eigenvalue weighted by molar-refractivity contribution is 5.45. The van der Waals surface area contributed by atoms with Crippen molar-refractivity contribution in [2.24, 2.45) is 0 Å². The van der Waals surface area contributed by atoms with E-state index in [1.54, 1.807) is 6.33 Å². The number of aryl methyl sites for hydroxylation is 2. The van der Waals surface area contributed by atoms with Gasteiger partial charge in [0.25, 0.3) is 0 Å². The van der Waals surface area contributed by atoms with Gasteiger partial charge in [-0.1, -0.05) is 0 Å². The van der Waals surface area contributed by atoms with Crippen molar-refractivity contribution in [1.29, 1.82) is 0 Å². The molecule has 0 amide bonds. The summed E-state index contributed by atoms with van der Waals surface area (Å²) < 4.78 is 1.87. The van der Waals surface area contributed by atoms with Crippen molar-refractivity contribution < 1.29 is 5.11 Å². The molecule has 2 heterocycles. The summed E-state index contributed by atoms with van der Waals surface area (Å²) in [6.45, 7) is 3.86. The first-order chi connectivity index (χ1) is 6.22. The van der Waals surface area contributed by atoms with Crippen molar-refractivity contribution in [1.82, 2.24) is 14.4 Å². The van der Waals surface area contributed by atoms with E-state index in [2.05, 4.69) is 9.97 Å². The highest BCUT2D eigenvalue weighted by Gasteiger charge is 2.06. The van der Waals surface area contributed by atoms with Crippen LogP contribution in [0, 0.1) is 13.8 Å². The minimum absolute atomic E-state index is 0.0631. The molecule has 0 aromatic carbocycles. The third kappa shape index (κ3) is 1.19. The van der Waals surface area contributed by atoms with Crippen LogP contribution in [0.3, 0.4) is 0 Å². The standard InChI is InChI=1S/C9H11N3O/c1-6-3-7(2)12-5-10-8(4-13)9(12)11-6/h3,5,13H,4H2,1-2H3. The van der Waals surface area contributed by atoms with Gasteiger partial charge in [-0.05, 0) is 19.9 Å². The van der Waals surface area contributed by atoms with Crippen LogP contribution in [0.25, 0.3) is 5.65 Å². The highest BCUT2D eigenvalue weighted by Crippen LogP contribution is 2.10. The summed E-state index contributed by atoms with van der Waals surface area (Å²) in [7, 11) is 0. The van der Waals surface area contributed by atoms with Crippen molar-refractivity contribution in [2.75, 3.05) is 0 Å². The van der Waals surface area contributed by atoms with Gasteiger partial charge in [0, 0.05) is 11.4 Å². The summed E-state index contributed by atoms with van der Waals surface area (Å²) in [6.07, 6.45) is 1.68. The molecule has 68 valence electrons. The molecule has 2 rings (SSSR count). The van der Waals surface area contributed by atoms with Gasteiger partial charge in [-0.25, -0.2) is 9.97 Å². The quantitative estimate of drug-likeness (QED) is 0.702. The minimum Gasteiger partial charge on any atom is -0.390 e. The second-order valence-corrected chi connectivity index (χ2v) is 3.08. The fourth-order valence-corrected chi connectivity index (χ4v) is 1.44. The van der Waals surface area contributed by atoms with Crippen LogP contribution in [-0.4, -0.2) is 19.5 Å². The van der Waals surface area contributed by atoms with Crippen LogP contribution in [0.1, 0.15) is 17.1 Å². The molecule has 0 spiro atoms. The Morgan fingerprint density at radius 2 is 2.23 bits per heavy atom. The summed E-state index contributed by atoms with van der Waals surface area (Å²) in [5.41, 5.74) is 3.40. The lowest BCUT2D eigenvalue weighted by molar-refractivity contribution is 0.278. The van der Waals surface area contributed by atoms with E-state index < -0.39 is 0 Å². The SMILES string of the molecule is Cc1cc(C)n2cnc(CO)c2n1. The number of nitrogens with zero attached hydrogens (tertiary/aromatic N) is 3. The third-order valence-electron chi connectivity index (χ3n) is 2.05. The van der Waals surface area contributed by atoms with Crippen molar-refractivity contribution in [3.8, 4) is 0 Å². The molecule has 1 N–H and O–H groups in total. The predicted molar refractivity (Wildman–Crippen MR) is 48.4 cm³/mol. The van der Waals surface area contributed by atoms with E-state index in [-0.39, 0.29) is 6.61 Å². The topological polar surface area (TPSA) is 50.4 Å². The first-order valence-corrected chi connectivity index (χ1v) is 4.13. The first-order valence-electron chi connectivity index (χ1n) is 4.13. The van der Waals surface area contributed by atoms with Crippen LogP contribution in [0.2, 0.25) is 0 Å². The number of aromatic nitrogens is 3. The number of aliphatic hydroxyl groups excluding tert-OH is 1. The van der Waals surface area contributed by atoms with Gasteiger partial charge in [0.2, 0.25) is 0 Å². The van der Waals surface area contributed by atoms with Gasteiger partial charge in [0.15, 0.2) is 5.65 Å². The van der Waals surface area contributed by atoms with Crippen molar-refractivity contribution in [2.45, 2.75) is 20.5 Å². The van der Waals surface area contributed by atoms with E-state index in [0.29, 0.717) is 5.69 Å². The fourth-order valence-electron chi connectivity index (χ4n) is 1.44. The molecule has 4 heteroatoms. The highest BCUT2D eigenvalue weighted by atomic mass is 16.3. The van der Waals surface area contributed by atoms with Gasteiger partial charge in [-0.15, -0.1) is 0 Å². The van der Waals surface area contributed by atoms with Crippen LogP contribution in [0.5, 0.6) is 0 Å². The lowest BCUT2D eigenvalue weighted by Gasteiger charge is -2.01. The molecule has 0 saturated carbocycles. The second-order valence-electron chi connectivity index (χ2n) is 3.08. The Balaban J connectivity index is 2.82. The van der Waals surface area contributed by atoms with Gasteiger partial charge in [0.05, 0.1) is 6.61 Å².